The minimum Gasteiger partial charge on any atom is -0.323 e. The number of carbonyl (C=O) groups excluding carboxylic acids is 1. The Balaban J connectivity index is 1.66. The normalized spacial score (nSPS) is 28.8. The van der Waals surface area contributed by atoms with Crippen molar-refractivity contribution in [2.75, 3.05) is 5.32 Å². The van der Waals surface area contributed by atoms with Crippen molar-refractivity contribution < 1.29 is 4.79 Å². The molecule has 1 saturated heterocycles. The second-order valence-corrected chi connectivity index (χ2v) is 6.78. The van der Waals surface area contributed by atoms with Crippen molar-refractivity contribution in [3.8, 4) is 0 Å². The Labute approximate surface area is 131 Å². The van der Waals surface area contributed by atoms with E-state index < -0.39 is 0 Å². The van der Waals surface area contributed by atoms with Crippen LogP contribution < -0.4 is 10.6 Å². The number of halogens is 1. The van der Waals surface area contributed by atoms with Crippen LogP contribution in [0.2, 0.25) is 5.02 Å². The molecule has 3 rings (SSSR count). The number of hydrogen-bond donors (Lipinski definition) is 2. The van der Waals surface area contributed by atoms with Gasteiger partial charge in [-0.2, -0.15) is 0 Å². The molecular weight excluding hydrogens is 284 g/mol. The lowest BCUT2D eigenvalue weighted by Gasteiger charge is -2.39. The average Bonchev–Trinajstić information content (AvgIpc) is 2.50. The molecule has 3 unspecified atom stereocenters. The molecule has 1 heterocycles. The Hall–Kier alpha value is -1.06. The number of piperidine rings is 1. The number of rotatable bonds is 2. The molecule has 114 valence electrons. The van der Waals surface area contributed by atoms with E-state index in [1.165, 1.54) is 25.7 Å². The third-order valence-electron chi connectivity index (χ3n) is 4.94. The molecule has 1 aromatic rings. The van der Waals surface area contributed by atoms with Gasteiger partial charge in [-0.25, -0.2) is 0 Å². The largest absolute Gasteiger partial charge is 0.323 e. The highest BCUT2D eigenvalue weighted by Gasteiger charge is 2.34. The van der Waals surface area contributed by atoms with Crippen molar-refractivity contribution in [1.82, 2.24) is 5.32 Å². The number of fused-ring (bicyclic) bond motifs is 1. The van der Waals surface area contributed by atoms with Gasteiger partial charge in [0.05, 0.1) is 16.8 Å². The minimum absolute atomic E-state index is 0.0511. The van der Waals surface area contributed by atoms with Gasteiger partial charge in [-0.1, -0.05) is 36.6 Å². The lowest BCUT2D eigenvalue weighted by Crippen LogP contribution is -2.53. The summed E-state index contributed by atoms with van der Waals surface area (Å²) in [5.74, 6) is 0.820. The maximum atomic E-state index is 12.5. The molecule has 2 N–H and O–H groups in total. The molecule has 1 amide bonds. The monoisotopic (exact) mass is 306 g/mol. The smallest absolute Gasteiger partial charge is 0.241 e. The number of anilines is 1. The Morgan fingerprint density at radius 3 is 2.86 bits per heavy atom. The standard InChI is InChI=1S/C17H23ClN2O/c1-11-5-4-7-13(18)16(11)20-17(21)15-10-9-12-6-2-3-8-14(12)19-15/h4-5,7,12,14-15,19H,2-3,6,8-10H2,1H3,(H,20,21). The zero-order valence-electron chi connectivity index (χ0n) is 12.5. The van der Waals surface area contributed by atoms with Crippen molar-refractivity contribution in [2.24, 2.45) is 5.92 Å². The van der Waals surface area contributed by atoms with Crippen LogP contribution in [0, 0.1) is 12.8 Å². The number of carbonyl (C=O) groups is 1. The first-order chi connectivity index (χ1) is 10.1. The number of hydrogen-bond acceptors (Lipinski definition) is 2. The van der Waals surface area contributed by atoms with E-state index in [2.05, 4.69) is 10.6 Å². The molecule has 1 aliphatic carbocycles. The van der Waals surface area contributed by atoms with E-state index >= 15 is 0 Å². The van der Waals surface area contributed by atoms with Gasteiger partial charge in [-0.3, -0.25) is 4.79 Å². The van der Waals surface area contributed by atoms with Crippen LogP contribution in [-0.2, 0) is 4.79 Å². The number of aryl methyl sites for hydroxylation is 1. The molecule has 2 aliphatic rings. The summed E-state index contributed by atoms with van der Waals surface area (Å²) in [7, 11) is 0. The highest BCUT2D eigenvalue weighted by molar-refractivity contribution is 6.34. The fourth-order valence-electron chi connectivity index (χ4n) is 3.70. The van der Waals surface area contributed by atoms with Crippen LogP contribution in [0.15, 0.2) is 18.2 Å². The van der Waals surface area contributed by atoms with Crippen LogP contribution in [0.1, 0.15) is 44.1 Å². The van der Waals surface area contributed by atoms with E-state index in [-0.39, 0.29) is 11.9 Å². The summed E-state index contributed by atoms with van der Waals surface area (Å²) >= 11 is 6.19. The molecule has 0 radical (unpaired) electrons. The highest BCUT2D eigenvalue weighted by Crippen LogP contribution is 2.33. The van der Waals surface area contributed by atoms with Crippen molar-refractivity contribution in [2.45, 2.75) is 57.5 Å². The quantitative estimate of drug-likeness (QED) is 0.870. The van der Waals surface area contributed by atoms with E-state index in [0.717, 1.165) is 30.0 Å². The second-order valence-electron chi connectivity index (χ2n) is 6.37. The van der Waals surface area contributed by atoms with E-state index in [9.17, 15) is 4.79 Å². The minimum atomic E-state index is -0.0833. The summed E-state index contributed by atoms with van der Waals surface area (Å²) in [4.78, 5) is 12.5. The summed E-state index contributed by atoms with van der Waals surface area (Å²) in [6.45, 7) is 1.97. The van der Waals surface area contributed by atoms with Gasteiger partial charge in [0.1, 0.15) is 0 Å². The van der Waals surface area contributed by atoms with Crippen molar-refractivity contribution >= 4 is 23.2 Å². The predicted molar refractivity (Wildman–Crippen MR) is 86.7 cm³/mol. The molecule has 3 atom stereocenters. The lowest BCUT2D eigenvalue weighted by atomic mass is 9.77. The molecule has 4 heteroatoms. The van der Waals surface area contributed by atoms with Crippen LogP contribution in [0.4, 0.5) is 5.69 Å². The SMILES string of the molecule is Cc1cccc(Cl)c1NC(=O)C1CCC2CCCCC2N1. The maximum Gasteiger partial charge on any atom is 0.241 e. The van der Waals surface area contributed by atoms with E-state index in [1.807, 2.05) is 25.1 Å². The van der Waals surface area contributed by atoms with Gasteiger partial charge in [-0.05, 0) is 50.2 Å². The van der Waals surface area contributed by atoms with Crippen LogP contribution in [0.5, 0.6) is 0 Å². The number of amides is 1. The van der Waals surface area contributed by atoms with Crippen LogP contribution in [-0.4, -0.2) is 18.0 Å². The fraction of sp³-hybridized carbons (Fsp3) is 0.588. The van der Waals surface area contributed by atoms with Crippen molar-refractivity contribution in [3.05, 3.63) is 28.8 Å². The number of benzene rings is 1. The summed E-state index contributed by atoms with van der Waals surface area (Å²) in [6.07, 6.45) is 7.24. The molecular formula is C17H23ClN2O. The third kappa shape index (κ3) is 3.24. The molecule has 2 fully saturated rings. The molecule has 0 spiro atoms. The van der Waals surface area contributed by atoms with Crippen molar-refractivity contribution in [1.29, 1.82) is 0 Å². The van der Waals surface area contributed by atoms with Gasteiger partial charge in [0.15, 0.2) is 0 Å². The summed E-state index contributed by atoms with van der Waals surface area (Å²) in [5, 5.41) is 7.18. The van der Waals surface area contributed by atoms with E-state index in [0.29, 0.717) is 11.1 Å². The van der Waals surface area contributed by atoms with E-state index in [4.69, 9.17) is 11.6 Å². The molecule has 21 heavy (non-hydrogen) atoms. The zero-order valence-corrected chi connectivity index (χ0v) is 13.2. The van der Waals surface area contributed by atoms with Gasteiger partial charge >= 0.3 is 0 Å². The molecule has 3 nitrogen and oxygen atoms in total. The average molecular weight is 307 g/mol. The Morgan fingerprint density at radius 2 is 2.05 bits per heavy atom. The molecule has 1 aromatic carbocycles. The van der Waals surface area contributed by atoms with Crippen LogP contribution in [0.3, 0.4) is 0 Å². The topological polar surface area (TPSA) is 41.1 Å². The van der Waals surface area contributed by atoms with Gasteiger partial charge in [0.25, 0.3) is 0 Å². The second kappa shape index (κ2) is 6.37. The predicted octanol–water partition coefficient (Wildman–Crippen LogP) is 3.90. The van der Waals surface area contributed by atoms with Crippen LogP contribution >= 0.6 is 11.6 Å². The molecule has 1 saturated carbocycles. The lowest BCUT2D eigenvalue weighted by molar-refractivity contribution is -0.119. The van der Waals surface area contributed by atoms with Gasteiger partial charge in [0.2, 0.25) is 5.91 Å². The first-order valence-corrected chi connectivity index (χ1v) is 8.35. The Bertz CT molecular complexity index is 511. The van der Waals surface area contributed by atoms with Crippen molar-refractivity contribution in [3.63, 3.8) is 0 Å². The zero-order chi connectivity index (χ0) is 14.8. The number of para-hydroxylation sites is 1. The summed E-state index contributed by atoms with van der Waals surface area (Å²) < 4.78 is 0. The number of nitrogens with one attached hydrogen (secondary N) is 2. The van der Waals surface area contributed by atoms with Crippen LogP contribution in [0.25, 0.3) is 0 Å². The maximum absolute atomic E-state index is 12.5. The van der Waals surface area contributed by atoms with E-state index in [1.54, 1.807) is 0 Å². The molecule has 0 bridgehead atoms. The fourth-order valence-corrected chi connectivity index (χ4v) is 3.97. The summed E-state index contributed by atoms with van der Waals surface area (Å²) in [6, 6.07) is 6.12. The van der Waals surface area contributed by atoms with Gasteiger partial charge < -0.3 is 10.6 Å². The first-order valence-electron chi connectivity index (χ1n) is 7.97. The third-order valence-corrected chi connectivity index (χ3v) is 5.25. The highest BCUT2D eigenvalue weighted by atomic mass is 35.5. The van der Waals surface area contributed by atoms with Gasteiger partial charge in [0, 0.05) is 6.04 Å². The first kappa shape index (κ1) is 14.9. The Morgan fingerprint density at radius 1 is 1.24 bits per heavy atom. The summed E-state index contributed by atoms with van der Waals surface area (Å²) in [5.41, 5.74) is 1.75. The Kier molecular flexibility index (Phi) is 4.51. The van der Waals surface area contributed by atoms with Gasteiger partial charge in [-0.15, -0.1) is 0 Å². The molecule has 0 aromatic heterocycles. The molecule has 1 aliphatic heterocycles.